The van der Waals surface area contributed by atoms with Gasteiger partial charge >= 0.3 is 5.97 Å². The molecule has 0 radical (unpaired) electrons. The number of esters is 1. The lowest BCUT2D eigenvalue weighted by Crippen LogP contribution is -2.61. The number of carbonyl (C=O) groups is 2. The molecule has 31 heavy (non-hydrogen) atoms. The van der Waals surface area contributed by atoms with E-state index in [9.17, 15) is 9.59 Å². The van der Waals surface area contributed by atoms with Crippen LogP contribution in [0.4, 0.5) is 0 Å². The molecule has 0 spiro atoms. The molecule has 5 heteroatoms. The van der Waals surface area contributed by atoms with E-state index < -0.39 is 0 Å². The smallest absolute Gasteiger partial charge is 0.313 e. The molecule has 4 fully saturated rings. The molecule has 0 bridgehead atoms. The minimum absolute atomic E-state index is 0.182. The van der Waals surface area contributed by atoms with Gasteiger partial charge in [0.1, 0.15) is 12.2 Å². The number of ether oxygens (including phenoxy) is 1. The van der Waals surface area contributed by atoms with E-state index in [1.165, 1.54) is 25.7 Å². The first kappa shape index (κ1) is 21.1. The Morgan fingerprint density at radius 3 is 2.71 bits per heavy atom. The molecular weight excluding hydrogens is 390 g/mol. The second-order valence-electron chi connectivity index (χ2n) is 11.2. The maximum atomic E-state index is 12.3. The topological polar surface area (TPSA) is 59.8 Å². The van der Waals surface area contributed by atoms with Gasteiger partial charge in [-0.3, -0.25) is 9.59 Å². The summed E-state index contributed by atoms with van der Waals surface area (Å²) in [4.78, 5) is 26.7. The number of rotatable bonds is 4. The number of hydrogen-bond acceptors (Lipinski definition) is 4. The van der Waals surface area contributed by atoms with Crippen LogP contribution in [0.5, 0.6) is 0 Å². The van der Waals surface area contributed by atoms with Crippen LogP contribution in [0.25, 0.3) is 0 Å². The third-order valence-electron chi connectivity index (χ3n) is 10.1. The third kappa shape index (κ3) is 3.34. The first-order valence-electron chi connectivity index (χ1n) is 12.3. The molecule has 1 amide bonds. The highest BCUT2D eigenvalue weighted by Crippen LogP contribution is 2.66. The number of carbonyl (C=O) groups excluding carboxylic acids is 2. The predicted molar refractivity (Wildman–Crippen MR) is 117 cm³/mol. The molecule has 7 atom stereocenters. The zero-order valence-electron chi connectivity index (χ0n) is 19.3. The molecule has 0 aromatic carbocycles. The number of likely N-dealkylation sites (tertiary alicyclic amines) is 1. The lowest BCUT2D eigenvalue weighted by molar-refractivity contribution is -0.160. The lowest BCUT2D eigenvalue weighted by atomic mass is 9.47. The van der Waals surface area contributed by atoms with E-state index in [1.807, 2.05) is 13.1 Å². The fourth-order valence-corrected chi connectivity index (χ4v) is 8.33. The maximum absolute atomic E-state index is 12.3. The molecule has 1 aromatic rings. The standard InChI is InChI=1S/C26H37NO4/c1-25-12-10-21-19(7-9-22-26(21,2)13-11-23(28)27(22)3)20(25)8-6-17(25)16-31-24(29)15-18-5-4-14-30-18/h4-5,14,17,19-22H,6-13,15-16H2,1-3H3/t17?,19-,20-,21-,22+,25+,26+/m0/s1. The quantitative estimate of drug-likeness (QED) is 0.645. The van der Waals surface area contributed by atoms with Crippen molar-refractivity contribution in [2.75, 3.05) is 13.7 Å². The van der Waals surface area contributed by atoms with Crippen molar-refractivity contribution in [2.45, 2.75) is 77.7 Å². The summed E-state index contributed by atoms with van der Waals surface area (Å²) < 4.78 is 11.0. The average Bonchev–Trinajstić information content (AvgIpc) is 3.36. The van der Waals surface area contributed by atoms with Gasteiger partial charge < -0.3 is 14.1 Å². The van der Waals surface area contributed by atoms with E-state index >= 15 is 0 Å². The monoisotopic (exact) mass is 427 g/mol. The molecule has 5 rings (SSSR count). The van der Waals surface area contributed by atoms with Crippen LogP contribution < -0.4 is 0 Å². The summed E-state index contributed by atoms with van der Waals surface area (Å²) in [6.45, 7) is 5.49. The Morgan fingerprint density at radius 2 is 1.94 bits per heavy atom. The molecule has 1 aliphatic heterocycles. The molecule has 1 unspecified atom stereocenters. The number of furan rings is 1. The van der Waals surface area contributed by atoms with E-state index in [2.05, 4.69) is 18.7 Å². The van der Waals surface area contributed by atoms with Gasteiger partial charge in [-0.25, -0.2) is 0 Å². The summed E-state index contributed by atoms with van der Waals surface area (Å²) in [5.41, 5.74) is 0.534. The summed E-state index contributed by atoms with van der Waals surface area (Å²) in [5.74, 6) is 3.48. The maximum Gasteiger partial charge on any atom is 0.313 e. The molecule has 2 heterocycles. The van der Waals surface area contributed by atoms with E-state index in [-0.39, 0.29) is 23.2 Å². The Balaban J connectivity index is 1.26. The van der Waals surface area contributed by atoms with Crippen molar-refractivity contribution in [3.05, 3.63) is 24.2 Å². The van der Waals surface area contributed by atoms with E-state index in [0.29, 0.717) is 36.7 Å². The van der Waals surface area contributed by atoms with Crippen molar-refractivity contribution in [3.8, 4) is 0 Å². The number of nitrogens with zero attached hydrogens (tertiary/aromatic N) is 1. The average molecular weight is 428 g/mol. The Kier molecular flexibility index (Phi) is 5.22. The minimum atomic E-state index is -0.182. The van der Waals surface area contributed by atoms with Crippen LogP contribution in [0.15, 0.2) is 22.8 Å². The number of fused-ring (bicyclic) bond motifs is 5. The second-order valence-corrected chi connectivity index (χ2v) is 11.2. The van der Waals surface area contributed by atoms with Crippen molar-refractivity contribution in [3.63, 3.8) is 0 Å². The largest absolute Gasteiger partial charge is 0.469 e. The van der Waals surface area contributed by atoms with Gasteiger partial charge in [-0.1, -0.05) is 13.8 Å². The van der Waals surface area contributed by atoms with Crippen molar-refractivity contribution in [1.82, 2.24) is 4.90 Å². The van der Waals surface area contributed by atoms with E-state index in [0.717, 1.165) is 37.0 Å². The van der Waals surface area contributed by atoms with Gasteiger partial charge in [0, 0.05) is 19.5 Å². The number of amides is 1. The van der Waals surface area contributed by atoms with Gasteiger partial charge in [0.2, 0.25) is 5.91 Å². The van der Waals surface area contributed by atoms with Crippen LogP contribution in [0, 0.1) is 34.5 Å². The Bertz CT molecular complexity index is 834. The molecule has 0 N–H and O–H groups in total. The van der Waals surface area contributed by atoms with Gasteiger partial charge in [0.15, 0.2) is 0 Å². The fourth-order valence-electron chi connectivity index (χ4n) is 8.33. The van der Waals surface area contributed by atoms with Gasteiger partial charge in [-0.2, -0.15) is 0 Å². The molecule has 5 nitrogen and oxygen atoms in total. The van der Waals surface area contributed by atoms with Crippen molar-refractivity contribution >= 4 is 11.9 Å². The lowest BCUT2D eigenvalue weighted by Gasteiger charge is -2.61. The molecule has 3 aliphatic carbocycles. The van der Waals surface area contributed by atoms with Gasteiger partial charge in [0.25, 0.3) is 0 Å². The molecule has 4 aliphatic rings. The molecular formula is C26H37NO4. The van der Waals surface area contributed by atoms with Crippen LogP contribution in [0.3, 0.4) is 0 Å². The minimum Gasteiger partial charge on any atom is -0.469 e. The summed E-state index contributed by atoms with van der Waals surface area (Å²) in [7, 11) is 2.03. The third-order valence-corrected chi connectivity index (χ3v) is 10.1. The summed E-state index contributed by atoms with van der Waals surface area (Å²) in [6.07, 6.45) is 10.9. The van der Waals surface area contributed by atoms with Crippen molar-refractivity contribution in [1.29, 1.82) is 0 Å². The van der Waals surface area contributed by atoms with Crippen LogP contribution in [-0.2, 0) is 20.7 Å². The summed E-state index contributed by atoms with van der Waals surface area (Å²) in [6, 6.07) is 4.04. The Labute approximate surface area is 185 Å². The zero-order chi connectivity index (χ0) is 21.8. The number of hydrogen-bond donors (Lipinski definition) is 0. The van der Waals surface area contributed by atoms with E-state index in [1.54, 1.807) is 12.3 Å². The predicted octanol–water partition coefficient (Wildman–Crippen LogP) is 4.84. The molecule has 3 saturated carbocycles. The first-order chi connectivity index (χ1) is 14.8. The molecule has 1 saturated heterocycles. The van der Waals surface area contributed by atoms with Crippen molar-refractivity contribution < 1.29 is 18.7 Å². The zero-order valence-corrected chi connectivity index (χ0v) is 19.3. The van der Waals surface area contributed by atoms with E-state index in [4.69, 9.17) is 9.15 Å². The van der Waals surface area contributed by atoms with Crippen LogP contribution in [0.1, 0.15) is 71.0 Å². The fraction of sp³-hybridized carbons (Fsp3) is 0.769. The van der Waals surface area contributed by atoms with Gasteiger partial charge in [-0.05, 0) is 91.6 Å². The van der Waals surface area contributed by atoms with Crippen molar-refractivity contribution in [2.24, 2.45) is 34.5 Å². The summed E-state index contributed by atoms with van der Waals surface area (Å²) >= 11 is 0. The van der Waals surface area contributed by atoms with Crippen LogP contribution >= 0.6 is 0 Å². The summed E-state index contributed by atoms with van der Waals surface area (Å²) in [5, 5.41) is 0. The second kappa shape index (κ2) is 7.67. The first-order valence-corrected chi connectivity index (χ1v) is 12.3. The Morgan fingerprint density at radius 1 is 1.13 bits per heavy atom. The van der Waals surface area contributed by atoms with Gasteiger partial charge in [-0.15, -0.1) is 0 Å². The van der Waals surface area contributed by atoms with Crippen LogP contribution in [0.2, 0.25) is 0 Å². The molecule has 1 aromatic heterocycles. The number of piperidine rings is 1. The highest BCUT2D eigenvalue weighted by atomic mass is 16.5. The SMILES string of the molecule is CN1C(=O)CC[C@]2(C)[C@H]3CC[C@]4(C)C(COC(=O)Cc5ccco5)CC[C@H]4[C@@H]3CC[C@@H]12. The molecule has 170 valence electrons. The van der Waals surface area contributed by atoms with Crippen LogP contribution in [-0.4, -0.2) is 36.5 Å². The highest BCUT2D eigenvalue weighted by molar-refractivity contribution is 5.77. The van der Waals surface area contributed by atoms with Gasteiger partial charge in [0.05, 0.1) is 12.9 Å². The normalized spacial score (nSPS) is 42.0. The highest BCUT2D eigenvalue weighted by Gasteiger charge is 2.61. The Hall–Kier alpha value is -1.78.